The molecule has 0 fully saturated rings. The third-order valence-corrected chi connectivity index (χ3v) is 7.22. The number of nitrogens with zero attached hydrogens (tertiary/aromatic N) is 1. The van der Waals surface area contributed by atoms with Crippen molar-refractivity contribution >= 4 is 32.6 Å². The van der Waals surface area contributed by atoms with Crippen LogP contribution in [0.4, 0.5) is 0 Å². The zero-order chi connectivity index (χ0) is 24.1. The molecule has 36 heavy (non-hydrogen) atoms. The Kier molecular flexibility index (Phi) is 4.75. The van der Waals surface area contributed by atoms with Gasteiger partial charge in [0.25, 0.3) is 0 Å². The Morgan fingerprint density at radius 1 is 0.444 bits per heavy atom. The van der Waals surface area contributed by atoms with Crippen molar-refractivity contribution in [2.24, 2.45) is 0 Å². The van der Waals surface area contributed by atoms with Gasteiger partial charge in [-0.3, -0.25) is 0 Å². The maximum atomic E-state index is 2.41. The Hall–Kier alpha value is -4.62. The van der Waals surface area contributed by atoms with E-state index in [1.165, 1.54) is 66.1 Å². The van der Waals surface area contributed by atoms with Crippen LogP contribution in [-0.2, 0) is 0 Å². The van der Waals surface area contributed by atoms with E-state index in [4.69, 9.17) is 0 Å². The standard InChI is InChI=1S/C35H25N/c1-24-9-7-11-26(21-24)27-12-8-13-28(22-27)29-17-19-32-34(23-29)36(30-14-3-2-4-15-30)33-20-18-25-10-5-6-16-31(25)35(32)33/h2-23H,1H3. The predicted octanol–water partition coefficient (Wildman–Crippen LogP) is 9.58. The van der Waals surface area contributed by atoms with Crippen LogP contribution in [0, 0.1) is 6.92 Å². The highest BCUT2D eigenvalue weighted by molar-refractivity contribution is 6.21. The molecule has 0 saturated carbocycles. The molecule has 0 bridgehead atoms. The molecule has 0 aliphatic carbocycles. The molecule has 1 heteroatoms. The van der Waals surface area contributed by atoms with E-state index >= 15 is 0 Å². The summed E-state index contributed by atoms with van der Waals surface area (Å²) in [7, 11) is 0. The molecule has 7 aromatic rings. The molecule has 7 rings (SSSR count). The lowest BCUT2D eigenvalue weighted by Gasteiger charge is -2.10. The molecule has 1 heterocycles. The van der Waals surface area contributed by atoms with Gasteiger partial charge in [-0.15, -0.1) is 0 Å². The number of hydrogen-bond donors (Lipinski definition) is 0. The first-order chi connectivity index (χ1) is 17.8. The van der Waals surface area contributed by atoms with Crippen LogP contribution in [0.3, 0.4) is 0 Å². The Morgan fingerprint density at radius 2 is 1.14 bits per heavy atom. The molecule has 0 N–H and O–H groups in total. The van der Waals surface area contributed by atoms with Crippen molar-refractivity contribution in [3.8, 4) is 27.9 Å². The summed E-state index contributed by atoms with van der Waals surface area (Å²) in [5.41, 5.74) is 9.87. The van der Waals surface area contributed by atoms with Crippen molar-refractivity contribution in [1.82, 2.24) is 4.57 Å². The van der Waals surface area contributed by atoms with Gasteiger partial charge >= 0.3 is 0 Å². The van der Waals surface area contributed by atoms with Crippen molar-refractivity contribution in [3.63, 3.8) is 0 Å². The second-order valence-electron chi connectivity index (χ2n) is 9.53. The molecule has 0 spiro atoms. The highest BCUT2D eigenvalue weighted by Crippen LogP contribution is 2.39. The fourth-order valence-electron chi connectivity index (χ4n) is 5.53. The average molecular weight is 460 g/mol. The van der Waals surface area contributed by atoms with Crippen LogP contribution >= 0.6 is 0 Å². The number of hydrogen-bond acceptors (Lipinski definition) is 0. The zero-order valence-corrected chi connectivity index (χ0v) is 20.1. The van der Waals surface area contributed by atoms with Crippen LogP contribution in [0.25, 0.3) is 60.5 Å². The minimum Gasteiger partial charge on any atom is -0.309 e. The summed E-state index contributed by atoms with van der Waals surface area (Å²) in [4.78, 5) is 0. The van der Waals surface area contributed by atoms with Crippen molar-refractivity contribution in [2.75, 3.05) is 0 Å². The van der Waals surface area contributed by atoms with Gasteiger partial charge in [0.15, 0.2) is 0 Å². The van der Waals surface area contributed by atoms with Gasteiger partial charge in [0.1, 0.15) is 0 Å². The van der Waals surface area contributed by atoms with Crippen molar-refractivity contribution < 1.29 is 0 Å². The summed E-state index contributed by atoms with van der Waals surface area (Å²) in [5, 5.41) is 5.16. The third kappa shape index (κ3) is 3.32. The molecule has 170 valence electrons. The topological polar surface area (TPSA) is 4.93 Å². The third-order valence-electron chi connectivity index (χ3n) is 7.22. The molecule has 6 aromatic carbocycles. The summed E-state index contributed by atoms with van der Waals surface area (Å²) in [6.07, 6.45) is 0. The van der Waals surface area contributed by atoms with Crippen LogP contribution < -0.4 is 0 Å². The van der Waals surface area contributed by atoms with E-state index in [-0.39, 0.29) is 0 Å². The molecule has 0 amide bonds. The Balaban J connectivity index is 1.50. The lowest BCUT2D eigenvalue weighted by Crippen LogP contribution is -1.93. The van der Waals surface area contributed by atoms with E-state index in [2.05, 4.69) is 145 Å². The number of fused-ring (bicyclic) bond motifs is 5. The monoisotopic (exact) mass is 459 g/mol. The minimum atomic E-state index is 1.18. The van der Waals surface area contributed by atoms with Gasteiger partial charge in [-0.05, 0) is 70.3 Å². The van der Waals surface area contributed by atoms with E-state index in [1.807, 2.05) is 0 Å². The van der Waals surface area contributed by atoms with Crippen molar-refractivity contribution in [1.29, 1.82) is 0 Å². The SMILES string of the molecule is Cc1cccc(-c2cccc(-c3ccc4c5c6ccccc6ccc5n(-c5ccccc5)c4c3)c2)c1. The summed E-state index contributed by atoms with van der Waals surface area (Å²) < 4.78 is 2.41. The quantitative estimate of drug-likeness (QED) is 0.248. The van der Waals surface area contributed by atoms with Gasteiger partial charge in [0.05, 0.1) is 11.0 Å². The number of para-hydroxylation sites is 1. The lowest BCUT2D eigenvalue weighted by molar-refractivity contribution is 1.18. The molecule has 0 radical (unpaired) electrons. The molecule has 0 aliphatic rings. The second-order valence-corrected chi connectivity index (χ2v) is 9.53. The molecule has 1 aromatic heterocycles. The number of aromatic nitrogens is 1. The van der Waals surface area contributed by atoms with E-state index in [0.717, 1.165) is 0 Å². The van der Waals surface area contributed by atoms with Gasteiger partial charge in [-0.2, -0.15) is 0 Å². The van der Waals surface area contributed by atoms with Gasteiger partial charge in [0, 0.05) is 16.5 Å². The van der Waals surface area contributed by atoms with Gasteiger partial charge in [-0.1, -0.05) is 109 Å². The summed E-state index contributed by atoms with van der Waals surface area (Å²) in [6.45, 7) is 2.15. The lowest BCUT2D eigenvalue weighted by atomic mass is 9.97. The summed E-state index contributed by atoms with van der Waals surface area (Å²) in [6, 6.07) is 48.4. The summed E-state index contributed by atoms with van der Waals surface area (Å²) >= 11 is 0. The average Bonchev–Trinajstić information content (AvgIpc) is 3.28. The smallest absolute Gasteiger partial charge is 0.0547 e. The van der Waals surface area contributed by atoms with E-state index in [0.29, 0.717) is 0 Å². The number of benzene rings is 6. The second kappa shape index (κ2) is 8.25. The Labute approximate surface area is 210 Å². The summed E-state index contributed by atoms with van der Waals surface area (Å²) in [5.74, 6) is 0. The van der Waals surface area contributed by atoms with Gasteiger partial charge < -0.3 is 4.57 Å². The van der Waals surface area contributed by atoms with E-state index in [1.54, 1.807) is 0 Å². The van der Waals surface area contributed by atoms with Crippen LogP contribution in [0.2, 0.25) is 0 Å². The number of rotatable bonds is 3. The highest BCUT2D eigenvalue weighted by atomic mass is 15.0. The fraction of sp³-hybridized carbons (Fsp3) is 0.0286. The molecule has 0 unspecified atom stereocenters. The first-order valence-electron chi connectivity index (χ1n) is 12.5. The highest BCUT2D eigenvalue weighted by Gasteiger charge is 2.15. The number of aryl methyl sites for hydroxylation is 1. The van der Waals surface area contributed by atoms with E-state index < -0.39 is 0 Å². The zero-order valence-electron chi connectivity index (χ0n) is 20.1. The normalized spacial score (nSPS) is 11.5. The first kappa shape index (κ1) is 20.7. The molecule has 0 atom stereocenters. The van der Waals surface area contributed by atoms with Crippen LogP contribution in [0.5, 0.6) is 0 Å². The fourth-order valence-corrected chi connectivity index (χ4v) is 5.53. The molecule has 1 nitrogen and oxygen atoms in total. The van der Waals surface area contributed by atoms with Crippen LogP contribution in [-0.4, -0.2) is 4.57 Å². The Morgan fingerprint density at radius 3 is 1.94 bits per heavy atom. The first-order valence-corrected chi connectivity index (χ1v) is 12.5. The Bertz CT molecular complexity index is 1890. The van der Waals surface area contributed by atoms with Gasteiger partial charge in [0.2, 0.25) is 0 Å². The molecular weight excluding hydrogens is 434 g/mol. The van der Waals surface area contributed by atoms with Crippen LogP contribution in [0.1, 0.15) is 5.56 Å². The molecular formula is C35H25N. The van der Waals surface area contributed by atoms with Crippen molar-refractivity contribution in [2.45, 2.75) is 6.92 Å². The van der Waals surface area contributed by atoms with E-state index in [9.17, 15) is 0 Å². The van der Waals surface area contributed by atoms with Crippen molar-refractivity contribution in [3.05, 3.63) is 139 Å². The molecule has 0 aliphatic heterocycles. The molecule has 0 saturated heterocycles. The predicted molar refractivity (Wildman–Crippen MR) is 154 cm³/mol. The minimum absolute atomic E-state index is 1.18. The maximum absolute atomic E-state index is 2.41. The van der Waals surface area contributed by atoms with Crippen LogP contribution in [0.15, 0.2) is 133 Å². The maximum Gasteiger partial charge on any atom is 0.0547 e. The largest absolute Gasteiger partial charge is 0.309 e. The van der Waals surface area contributed by atoms with Gasteiger partial charge in [-0.25, -0.2) is 0 Å².